The van der Waals surface area contributed by atoms with Gasteiger partial charge in [-0.15, -0.1) is 0 Å². The predicted octanol–water partition coefficient (Wildman–Crippen LogP) is 8.61. The highest BCUT2D eigenvalue weighted by Crippen LogP contribution is 2.65. The van der Waals surface area contributed by atoms with Crippen molar-refractivity contribution >= 4 is 11.0 Å². The summed E-state index contributed by atoms with van der Waals surface area (Å²) in [4.78, 5) is 0. The third-order valence-electron chi connectivity index (χ3n) is 9.76. The van der Waals surface area contributed by atoms with E-state index in [0.29, 0.717) is 57.9 Å². The average Bonchev–Trinajstić information content (AvgIpc) is 3.44. The number of furan rings is 1. The van der Waals surface area contributed by atoms with Gasteiger partial charge in [0.15, 0.2) is 0 Å². The molecule has 0 spiro atoms. The molecule has 8 heteroatoms. The van der Waals surface area contributed by atoms with Gasteiger partial charge in [-0.25, -0.2) is 0 Å². The molecular formula is C39H34O8. The molecule has 0 fully saturated rings. The van der Waals surface area contributed by atoms with Gasteiger partial charge in [0, 0.05) is 46.0 Å². The number of phenols is 5. The second-order valence-corrected chi connectivity index (χ2v) is 13.2. The van der Waals surface area contributed by atoms with E-state index in [-0.39, 0.29) is 40.6 Å². The molecular weight excluding hydrogens is 596 g/mol. The van der Waals surface area contributed by atoms with Gasteiger partial charge >= 0.3 is 0 Å². The van der Waals surface area contributed by atoms with Crippen LogP contribution in [0.3, 0.4) is 0 Å². The number of phenolic OH excluding ortho intramolecular Hbond substituents is 5. The summed E-state index contributed by atoms with van der Waals surface area (Å²) in [6, 6.07) is 18.1. The molecule has 0 radical (unpaired) electrons. The SMILES string of the molecule is CC(C)=CCc1c(O)ccc2cc(-c3cc(O)c4c(c3)O[C@]3(c5ccc(O)cc5O)Oc5cc(O)ccc5[C@H]5CC(C)=C[C@H]4[C@@H]53)oc12. The number of rotatable bonds is 4. The van der Waals surface area contributed by atoms with Crippen LogP contribution in [0.25, 0.3) is 22.3 Å². The zero-order valence-corrected chi connectivity index (χ0v) is 26.1. The van der Waals surface area contributed by atoms with E-state index in [0.717, 1.165) is 22.1 Å². The smallest absolute Gasteiger partial charge is 0.285 e. The van der Waals surface area contributed by atoms with Crippen LogP contribution in [0.4, 0.5) is 0 Å². The highest BCUT2D eigenvalue weighted by Gasteiger charge is 2.61. The number of allylic oxidation sites excluding steroid dienone is 4. The summed E-state index contributed by atoms with van der Waals surface area (Å²) >= 11 is 0. The fraction of sp³-hybridized carbons (Fsp3) is 0.231. The lowest BCUT2D eigenvalue weighted by Crippen LogP contribution is -2.56. The zero-order valence-electron chi connectivity index (χ0n) is 26.1. The fourth-order valence-corrected chi connectivity index (χ4v) is 7.75. The van der Waals surface area contributed by atoms with Crippen molar-refractivity contribution < 1.29 is 39.4 Å². The lowest BCUT2D eigenvalue weighted by Gasteiger charge is -2.55. The monoisotopic (exact) mass is 630 g/mol. The van der Waals surface area contributed by atoms with E-state index in [9.17, 15) is 25.5 Å². The third kappa shape index (κ3) is 4.42. The van der Waals surface area contributed by atoms with Gasteiger partial charge in [0.05, 0.1) is 11.5 Å². The molecule has 0 bridgehead atoms. The van der Waals surface area contributed by atoms with Crippen LogP contribution in [0, 0.1) is 5.92 Å². The molecule has 1 aliphatic carbocycles. The summed E-state index contributed by atoms with van der Waals surface area (Å²) in [5.74, 6) is -1.39. The van der Waals surface area contributed by atoms with E-state index >= 15 is 0 Å². The minimum atomic E-state index is -1.58. The maximum Gasteiger partial charge on any atom is 0.285 e. The molecule has 3 heterocycles. The number of aromatic hydroxyl groups is 5. The van der Waals surface area contributed by atoms with Crippen molar-refractivity contribution in [3.05, 3.63) is 112 Å². The molecule has 0 saturated heterocycles. The molecule has 1 aromatic heterocycles. The summed E-state index contributed by atoms with van der Waals surface area (Å²) in [6.07, 6.45) is 5.34. The molecule has 4 atom stereocenters. The molecule has 5 N–H and O–H groups in total. The standard InChI is InChI=1S/C39H34O8/c1-19(2)4-8-26-30(42)11-5-21-15-33(45-38(21)26)22-14-32(44)36-28-13-20(3)12-27-25-9-6-24(41)18-34(25)46-39(37(27)28,47-35(36)16-22)29-10-7-23(40)17-31(29)43/h4-7,9-11,13-18,27-28,37,40-44H,8,12H2,1-3H3/t27-,28-,37-,39+/m1/s1. The Hall–Kier alpha value is -5.50. The first-order valence-electron chi connectivity index (χ1n) is 15.7. The fourth-order valence-electron chi connectivity index (χ4n) is 7.75. The van der Waals surface area contributed by atoms with Crippen LogP contribution >= 0.6 is 0 Å². The quantitative estimate of drug-likeness (QED) is 0.125. The van der Waals surface area contributed by atoms with Crippen molar-refractivity contribution in [3.63, 3.8) is 0 Å². The first-order valence-corrected chi connectivity index (χ1v) is 15.7. The summed E-state index contributed by atoms with van der Waals surface area (Å²) in [6.45, 7) is 6.06. The second-order valence-electron chi connectivity index (χ2n) is 13.2. The lowest BCUT2D eigenvalue weighted by molar-refractivity contribution is -0.198. The molecule has 8 rings (SSSR count). The maximum absolute atomic E-state index is 11.7. The normalized spacial score (nSPS) is 22.3. The molecule has 3 aliphatic rings. The zero-order chi connectivity index (χ0) is 32.8. The van der Waals surface area contributed by atoms with Gasteiger partial charge in [-0.05, 0) is 87.7 Å². The van der Waals surface area contributed by atoms with Gasteiger partial charge in [0.1, 0.15) is 51.6 Å². The largest absolute Gasteiger partial charge is 0.508 e. The molecule has 47 heavy (non-hydrogen) atoms. The number of fused-ring (bicyclic) bond motifs is 5. The van der Waals surface area contributed by atoms with Gasteiger partial charge in [0.25, 0.3) is 5.79 Å². The highest BCUT2D eigenvalue weighted by molar-refractivity contribution is 5.87. The molecule has 5 aromatic rings. The Morgan fingerprint density at radius 3 is 2.38 bits per heavy atom. The molecule has 4 aromatic carbocycles. The highest BCUT2D eigenvalue weighted by atomic mass is 16.7. The Labute approximate surface area is 271 Å². The van der Waals surface area contributed by atoms with Crippen LogP contribution in [0.2, 0.25) is 0 Å². The maximum atomic E-state index is 11.7. The van der Waals surface area contributed by atoms with Crippen molar-refractivity contribution in [3.8, 4) is 51.6 Å². The number of hydrogen-bond donors (Lipinski definition) is 5. The van der Waals surface area contributed by atoms with E-state index < -0.39 is 11.7 Å². The van der Waals surface area contributed by atoms with Crippen LogP contribution in [-0.4, -0.2) is 25.5 Å². The van der Waals surface area contributed by atoms with Gasteiger partial charge in [-0.3, -0.25) is 0 Å². The Morgan fingerprint density at radius 1 is 0.830 bits per heavy atom. The summed E-state index contributed by atoms with van der Waals surface area (Å²) in [7, 11) is 0. The van der Waals surface area contributed by atoms with Gasteiger partial charge < -0.3 is 39.4 Å². The van der Waals surface area contributed by atoms with Gasteiger partial charge in [0.2, 0.25) is 0 Å². The van der Waals surface area contributed by atoms with E-state index in [1.54, 1.807) is 42.5 Å². The van der Waals surface area contributed by atoms with E-state index in [1.165, 1.54) is 12.1 Å². The van der Waals surface area contributed by atoms with E-state index in [1.807, 2.05) is 32.1 Å². The number of hydrogen-bond acceptors (Lipinski definition) is 8. The topological polar surface area (TPSA) is 133 Å². The molecule has 0 saturated carbocycles. The summed E-state index contributed by atoms with van der Waals surface area (Å²) < 4.78 is 20.0. The molecule has 238 valence electrons. The van der Waals surface area contributed by atoms with Gasteiger partial charge in [-0.2, -0.15) is 0 Å². The first-order chi connectivity index (χ1) is 22.5. The van der Waals surface area contributed by atoms with Crippen LogP contribution in [0.15, 0.2) is 94.4 Å². The summed E-state index contributed by atoms with van der Waals surface area (Å²) in [5, 5.41) is 55.1. The van der Waals surface area contributed by atoms with Crippen LogP contribution < -0.4 is 9.47 Å². The van der Waals surface area contributed by atoms with E-state index in [4.69, 9.17) is 13.9 Å². The Kier molecular flexibility index (Phi) is 6.31. The molecule has 8 nitrogen and oxygen atoms in total. The van der Waals surface area contributed by atoms with Crippen LogP contribution in [0.5, 0.6) is 40.2 Å². The minimum absolute atomic E-state index is 0.0281. The average molecular weight is 631 g/mol. The summed E-state index contributed by atoms with van der Waals surface area (Å²) in [5.41, 5.74) is 5.84. The predicted molar refractivity (Wildman–Crippen MR) is 176 cm³/mol. The van der Waals surface area contributed by atoms with Crippen molar-refractivity contribution in [2.24, 2.45) is 5.92 Å². The van der Waals surface area contributed by atoms with Gasteiger partial charge in [-0.1, -0.05) is 29.4 Å². The van der Waals surface area contributed by atoms with E-state index in [2.05, 4.69) is 13.0 Å². The third-order valence-corrected chi connectivity index (χ3v) is 9.76. The Balaban J connectivity index is 1.34. The van der Waals surface area contributed by atoms with Crippen LogP contribution in [-0.2, 0) is 12.2 Å². The first kappa shape index (κ1) is 28.9. The van der Waals surface area contributed by atoms with Crippen molar-refractivity contribution in [2.75, 3.05) is 0 Å². The number of ether oxygens (including phenoxy) is 2. The second kappa shape index (κ2) is 10.3. The number of benzene rings is 4. The Bertz CT molecular complexity index is 2170. The Morgan fingerprint density at radius 2 is 1.60 bits per heavy atom. The minimum Gasteiger partial charge on any atom is -0.508 e. The van der Waals surface area contributed by atoms with Crippen molar-refractivity contribution in [2.45, 2.75) is 51.2 Å². The molecule has 0 amide bonds. The van der Waals surface area contributed by atoms with Crippen LogP contribution in [0.1, 0.15) is 61.3 Å². The van der Waals surface area contributed by atoms with Crippen molar-refractivity contribution in [1.82, 2.24) is 0 Å². The molecule has 0 unspecified atom stereocenters. The molecule has 2 aliphatic heterocycles. The van der Waals surface area contributed by atoms with Crippen molar-refractivity contribution in [1.29, 1.82) is 0 Å². The lowest BCUT2D eigenvalue weighted by atomic mass is 9.61.